The summed E-state index contributed by atoms with van der Waals surface area (Å²) >= 11 is 7.63. The number of nitrogens with zero attached hydrogens (tertiary/aromatic N) is 5. The maximum Gasteiger partial charge on any atom is 0.264 e. The van der Waals surface area contributed by atoms with Crippen molar-refractivity contribution >= 4 is 45.7 Å². The molecule has 0 N–H and O–H groups in total. The highest BCUT2D eigenvalue weighted by molar-refractivity contribution is 7.12. The fourth-order valence-corrected chi connectivity index (χ4v) is 5.41. The highest BCUT2D eigenvalue weighted by Gasteiger charge is 2.26. The number of hydrogen-bond acceptors (Lipinski definition) is 5. The van der Waals surface area contributed by atoms with E-state index in [4.69, 9.17) is 16.6 Å². The first kappa shape index (κ1) is 21.8. The summed E-state index contributed by atoms with van der Waals surface area (Å²) in [5.74, 6) is 0.996. The largest absolute Gasteiger partial charge is 0.352 e. The summed E-state index contributed by atoms with van der Waals surface area (Å²) in [5.41, 5.74) is 4.00. The van der Waals surface area contributed by atoms with Gasteiger partial charge in [0.2, 0.25) is 0 Å². The maximum atomic E-state index is 12.8. The summed E-state index contributed by atoms with van der Waals surface area (Å²) in [6.07, 6.45) is 3.75. The Balaban J connectivity index is 1.40. The number of rotatable bonds is 4. The number of halogens is 1. The average molecular weight is 500 g/mol. The van der Waals surface area contributed by atoms with E-state index in [0.29, 0.717) is 31.2 Å². The van der Waals surface area contributed by atoms with E-state index in [-0.39, 0.29) is 5.91 Å². The number of fused-ring (bicyclic) bond motifs is 1. The van der Waals surface area contributed by atoms with Gasteiger partial charge in [-0.05, 0) is 41.3 Å². The van der Waals surface area contributed by atoms with Crippen LogP contribution in [0, 0.1) is 0 Å². The van der Waals surface area contributed by atoms with Crippen molar-refractivity contribution in [3.05, 3.63) is 94.5 Å². The molecule has 0 spiro atoms. The molecule has 1 aliphatic rings. The van der Waals surface area contributed by atoms with Gasteiger partial charge in [0.15, 0.2) is 5.65 Å². The maximum absolute atomic E-state index is 12.8. The Morgan fingerprint density at radius 1 is 0.886 bits per heavy atom. The molecule has 6 nitrogen and oxygen atoms in total. The van der Waals surface area contributed by atoms with Crippen molar-refractivity contribution in [2.45, 2.75) is 0 Å². The molecule has 0 unspecified atom stereocenters. The van der Waals surface area contributed by atoms with E-state index in [0.717, 1.165) is 38.5 Å². The van der Waals surface area contributed by atoms with E-state index in [9.17, 15) is 4.79 Å². The van der Waals surface area contributed by atoms with Gasteiger partial charge in [-0.25, -0.2) is 9.97 Å². The molecule has 0 bridgehead atoms. The van der Waals surface area contributed by atoms with Gasteiger partial charge in [0.05, 0.1) is 10.3 Å². The minimum atomic E-state index is 0.103. The van der Waals surface area contributed by atoms with Crippen molar-refractivity contribution in [2.24, 2.45) is 0 Å². The van der Waals surface area contributed by atoms with Gasteiger partial charge in [-0.3, -0.25) is 4.79 Å². The number of carbonyl (C=O) groups is 1. The summed E-state index contributed by atoms with van der Waals surface area (Å²) in [6.45, 7) is 2.73. The lowest BCUT2D eigenvalue weighted by molar-refractivity contribution is 0.0751. The minimum Gasteiger partial charge on any atom is -0.352 e. The third-order valence-corrected chi connectivity index (χ3v) is 7.46. The quantitative estimate of drug-likeness (QED) is 0.315. The summed E-state index contributed by atoms with van der Waals surface area (Å²) in [4.78, 5) is 27.2. The van der Waals surface area contributed by atoms with Gasteiger partial charge >= 0.3 is 0 Å². The SMILES string of the molecule is O=C(c1cccs1)N1CCN(c2ncnc3c2c(-c2ccccc2)cn3-c2ccc(Cl)cc2)CC1. The van der Waals surface area contributed by atoms with Crippen molar-refractivity contribution in [3.63, 3.8) is 0 Å². The monoisotopic (exact) mass is 499 g/mol. The van der Waals surface area contributed by atoms with Gasteiger partial charge in [0.25, 0.3) is 5.91 Å². The summed E-state index contributed by atoms with van der Waals surface area (Å²) < 4.78 is 2.09. The number of benzene rings is 2. The van der Waals surface area contributed by atoms with E-state index in [1.54, 1.807) is 6.33 Å². The molecule has 1 aliphatic heterocycles. The Labute approximate surface area is 212 Å². The molecule has 174 valence electrons. The topological polar surface area (TPSA) is 54.3 Å². The van der Waals surface area contributed by atoms with Crippen LogP contribution in [0.25, 0.3) is 27.8 Å². The van der Waals surface area contributed by atoms with Crippen LogP contribution in [0.15, 0.2) is 84.6 Å². The Hall–Kier alpha value is -3.68. The van der Waals surface area contributed by atoms with Crippen LogP contribution in [0.3, 0.4) is 0 Å². The third kappa shape index (κ3) is 4.07. The number of hydrogen-bond donors (Lipinski definition) is 0. The van der Waals surface area contributed by atoms with Crippen LogP contribution in [-0.2, 0) is 0 Å². The molecule has 3 aromatic heterocycles. The van der Waals surface area contributed by atoms with Crippen molar-refractivity contribution in [3.8, 4) is 16.8 Å². The normalized spacial score (nSPS) is 14.0. The van der Waals surface area contributed by atoms with Crippen LogP contribution >= 0.6 is 22.9 Å². The number of anilines is 1. The molecular formula is C27H22ClN5OS. The van der Waals surface area contributed by atoms with Crippen LogP contribution in [0.5, 0.6) is 0 Å². The second kappa shape index (κ2) is 9.17. The van der Waals surface area contributed by atoms with Gasteiger partial charge in [0, 0.05) is 48.6 Å². The lowest BCUT2D eigenvalue weighted by Gasteiger charge is -2.35. The van der Waals surface area contributed by atoms with Gasteiger partial charge in [-0.2, -0.15) is 0 Å². The molecule has 0 saturated carbocycles. The minimum absolute atomic E-state index is 0.103. The number of aromatic nitrogens is 3. The van der Waals surface area contributed by atoms with Crippen LogP contribution in [0.4, 0.5) is 5.82 Å². The zero-order valence-electron chi connectivity index (χ0n) is 18.8. The van der Waals surface area contributed by atoms with E-state index >= 15 is 0 Å². The standard InChI is InChI=1S/C27H22ClN5OS/c28-20-8-10-21(11-9-20)33-17-22(19-5-2-1-3-6-19)24-25(29-18-30-26(24)33)31-12-14-32(15-13-31)27(34)23-7-4-16-35-23/h1-11,16-18H,12-15H2. The van der Waals surface area contributed by atoms with Crippen molar-refractivity contribution < 1.29 is 4.79 Å². The molecule has 2 aromatic carbocycles. The van der Waals surface area contributed by atoms with Crippen molar-refractivity contribution in [1.29, 1.82) is 0 Å². The zero-order valence-corrected chi connectivity index (χ0v) is 20.4. The van der Waals surface area contributed by atoms with Crippen molar-refractivity contribution in [1.82, 2.24) is 19.4 Å². The van der Waals surface area contributed by atoms with Crippen LogP contribution < -0.4 is 4.90 Å². The number of piperazine rings is 1. The molecular weight excluding hydrogens is 478 g/mol. The molecule has 1 amide bonds. The summed E-state index contributed by atoms with van der Waals surface area (Å²) in [6, 6.07) is 21.9. The first-order valence-electron chi connectivity index (χ1n) is 11.4. The molecule has 0 atom stereocenters. The second-order valence-corrected chi connectivity index (χ2v) is 9.79. The first-order chi connectivity index (χ1) is 17.2. The van der Waals surface area contributed by atoms with E-state index in [2.05, 4.69) is 32.8 Å². The predicted octanol–water partition coefficient (Wildman–Crippen LogP) is 5.76. The molecule has 8 heteroatoms. The Morgan fingerprint density at radius 3 is 2.37 bits per heavy atom. The molecule has 1 fully saturated rings. The zero-order chi connectivity index (χ0) is 23.8. The number of amides is 1. The fourth-order valence-electron chi connectivity index (χ4n) is 4.60. The van der Waals surface area contributed by atoms with Gasteiger partial charge in [-0.15, -0.1) is 11.3 Å². The molecule has 0 aliphatic carbocycles. The van der Waals surface area contributed by atoms with Crippen LogP contribution in [0.1, 0.15) is 9.67 Å². The van der Waals surface area contributed by atoms with Gasteiger partial charge < -0.3 is 14.4 Å². The lowest BCUT2D eigenvalue weighted by Crippen LogP contribution is -2.49. The summed E-state index contributed by atoms with van der Waals surface area (Å²) in [7, 11) is 0. The van der Waals surface area contributed by atoms with Gasteiger partial charge in [-0.1, -0.05) is 48.0 Å². The Kier molecular flexibility index (Phi) is 5.72. The van der Waals surface area contributed by atoms with E-state index < -0.39 is 0 Å². The van der Waals surface area contributed by atoms with E-state index in [1.165, 1.54) is 11.3 Å². The van der Waals surface area contributed by atoms with Gasteiger partial charge in [0.1, 0.15) is 12.1 Å². The average Bonchev–Trinajstić information content (AvgIpc) is 3.58. The predicted molar refractivity (Wildman–Crippen MR) is 142 cm³/mol. The highest BCUT2D eigenvalue weighted by Crippen LogP contribution is 2.37. The molecule has 5 aromatic rings. The fraction of sp³-hybridized carbons (Fsp3) is 0.148. The molecule has 35 heavy (non-hydrogen) atoms. The molecule has 1 saturated heterocycles. The third-order valence-electron chi connectivity index (χ3n) is 6.35. The summed E-state index contributed by atoms with van der Waals surface area (Å²) in [5, 5.41) is 3.64. The number of carbonyl (C=O) groups excluding carboxylic acids is 1. The first-order valence-corrected chi connectivity index (χ1v) is 12.7. The lowest BCUT2D eigenvalue weighted by atomic mass is 10.1. The molecule has 6 rings (SSSR count). The van der Waals surface area contributed by atoms with Crippen LogP contribution in [-0.4, -0.2) is 51.5 Å². The second-order valence-electron chi connectivity index (χ2n) is 8.41. The number of thiophene rings is 1. The van der Waals surface area contributed by atoms with Crippen molar-refractivity contribution in [2.75, 3.05) is 31.1 Å². The Morgan fingerprint density at radius 2 is 1.66 bits per heavy atom. The van der Waals surface area contributed by atoms with Crippen LogP contribution in [0.2, 0.25) is 5.02 Å². The highest BCUT2D eigenvalue weighted by atomic mass is 35.5. The molecule has 0 radical (unpaired) electrons. The molecule has 4 heterocycles. The Bertz CT molecular complexity index is 1470. The van der Waals surface area contributed by atoms with E-state index in [1.807, 2.05) is 64.9 Å². The smallest absolute Gasteiger partial charge is 0.264 e.